The number of hydrogen-bond donors (Lipinski definition) is 1. The van der Waals surface area contributed by atoms with Crippen LogP contribution in [-0.2, 0) is 11.2 Å². The monoisotopic (exact) mass is 331 g/mol. The van der Waals surface area contributed by atoms with Crippen molar-refractivity contribution in [3.8, 4) is 5.75 Å². The second-order valence-corrected chi connectivity index (χ2v) is 6.37. The van der Waals surface area contributed by atoms with E-state index in [1.807, 2.05) is 12.3 Å². The highest BCUT2D eigenvalue weighted by Gasteiger charge is 2.17. The maximum absolute atomic E-state index is 12.2. The van der Waals surface area contributed by atoms with Crippen LogP contribution in [0.4, 0.5) is 0 Å². The highest BCUT2D eigenvalue weighted by Crippen LogP contribution is 2.15. The molecule has 0 bridgehead atoms. The molecule has 0 aliphatic carbocycles. The first-order valence-electron chi connectivity index (χ1n) is 7.55. The molecule has 1 heterocycles. The first kappa shape index (κ1) is 17.2. The summed E-state index contributed by atoms with van der Waals surface area (Å²) < 4.78 is 5.64. The van der Waals surface area contributed by atoms with Crippen molar-refractivity contribution in [3.63, 3.8) is 0 Å². The van der Waals surface area contributed by atoms with Crippen molar-refractivity contribution in [3.05, 3.63) is 52.2 Å². The van der Waals surface area contributed by atoms with Crippen LogP contribution < -0.4 is 10.1 Å². The summed E-state index contributed by atoms with van der Waals surface area (Å²) in [4.78, 5) is 23.6. The number of rotatable bonds is 7. The van der Waals surface area contributed by atoms with E-state index in [1.54, 1.807) is 42.5 Å². The van der Waals surface area contributed by atoms with Crippen LogP contribution in [0.5, 0.6) is 5.75 Å². The SMILES string of the molecule is CC(=O)c1cccc(O[C@H](C)C(=O)N[C@@H](C)Cc2ccsc2)c1. The third kappa shape index (κ3) is 5.21. The number of carbonyl (C=O) groups excluding carboxylic acids is 2. The molecule has 122 valence electrons. The number of nitrogens with one attached hydrogen (secondary N) is 1. The van der Waals surface area contributed by atoms with Crippen molar-refractivity contribution in [2.24, 2.45) is 0 Å². The van der Waals surface area contributed by atoms with Gasteiger partial charge < -0.3 is 10.1 Å². The zero-order chi connectivity index (χ0) is 16.8. The number of amides is 1. The average molecular weight is 331 g/mol. The Hall–Kier alpha value is -2.14. The van der Waals surface area contributed by atoms with Crippen LogP contribution in [0.25, 0.3) is 0 Å². The second kappa shape index (κ2) is 7.92. The van der Waals surface area contributed by atoms with Gasteiger partial charge in [0.1, 0.15) is 5.75 Å². The van der Waals surface area contributed by atoms with E-state index in [-0.39, 0.29) is 17.7 Å². The maximum Gasteiger partial charge on any atom is 0.260 e. The van der Waals surface area contributed by atoms with Crippen molar-refractivity contribution in [1.29, 1.82) is 0 Å². The van der Waals surface area contributed by atoms with Crippen LogP contribution in [0.1, 0.15) is 36.7 Å². The van der Waals surface area contributed by atoms with Crippen molar-refractivity contribution in [2.75, 3.05) is 0 Å². The molecule has 2 aromatic rings. The quantitative estimate of drug-likeness (QED) is 0.791. The second-order valence-electron chi connectivity index (χ2n) is 5.59. The molecular formula is C18H21NO3S. The van der Waals surface area contributed by atoms with Gasteiger partial charge in [0.25, 0.3) is 5.91 Å². The van der Waals surface area contributed by atoms with Crippen LogP contribution in [0.15, 0.2) is 41.1 Å². The number of thiophene rings is 1. The lowest BCUT2D eigenvalue weighted by atomic mass is 10.1. The molecule has 0 radical (unpaired) electrons. The Kier molecular flexibility index (Phi) is 5.93. The van der Waals surface area contributed by atoms with Crippen LogP contribution in [0.2, 0.25) is 0 Å². The van der Waals surface area contributed by atoms with Crippen LogP contribution in [-0.4, -0.2) is 23.8 Å². The van der Waals surface area contributed by atoms with Gasteiger partial charge >= 0.3 is 0 Å². The predicted molar refractivity (Wildman–Crippen MR) is 92.2 cm³/mol. The molecule has 0 aliphatic rings. The summed E-state index contributed by atoms with van der Waals surface area (Å²) in [6.45, 7) is 5.17. The maximum atomic E-state index is 12.2. The third-order valence-corrected chi connectivity index (χ3v) is 4.17. The minimum absolute atomic E-state index is 0.0306. The Morgan fingerprint density at radius 1 is 1.26 bits per heavy atom. The molecule has 1 aromatic heterocycles. The zero-order valence-corrected chi connectivity index (χ0v) is 14.4. The summed E-state index contributed by atoms with van der Waals surface area (Å²) >= 11 is 1.65. The molecule has 0 aliphatic heterocycles. The summed E-state index contributed by atoms with van der Waals surface area (Å²) in [6.07, 6.45) is 0.170. The molecule has 1 aromatic carbocycles. The largest absolute Gasteiger partial charge is 0.481 e. The van der Waals surface area contributed by atoms with E-state index in [0.29, 0.717) is 11.3 Å². The number of carbonyl (C=O) groups is 2. The van der Waals surface area contributed by atoms with Crippen molar-refractivity contribution in [2.45, 2.75) is 39.3 Å². The Bertz CT molecular complexity index is 667. The molecule has 23 heavy (non-hydrogen) atoms. The summed E-state index contributed by atoms with van der Waals surface area (Å²) in [5.74, 6) is 0.323. The van der Waals surface area contributed by atoms with E-state index >= 15 is 0 Å². The minimum Gasteiger partial charge on any atom is -0.481 e. The van der Waals surface area contributed by atoms with E-state index in [0.717, 1.165) is 6.42 Å². The molecule has 0 unspecified atom stereocenters. The molecule has 0 saturated heterocycles. The summed E-state index contributed by atoms with van der Waals surface area (Å²) in [6, 6.07) is 8.96. The van der Waals surface area contributed by atoms with Gasteiger partial charge in [-0.25, -0.2) is 0 Å². The molecule has 1 N–H and O–H groups in total. The lowest BCUT2D eigenvalue weighted by Crippen LogP contribution is -2.42. The fourth-order valence-corrected chi connectivity index (χ4v) is 2.90. The van der Waals surface area contributed by atoms with Crippen molar-refractivity contribution < 1.29 is 14.3 Å². The Balaban J connectivity index is 1.89. The molecule has 4 nitrogen and oxygen atoms in total. The van der Waals surface area contributed by atoms with Crippen LogP contribution >= 0.6 is 11.3 Å². The number of Topliss-reactive ketones (excluding diaryl/α,β-unsaturated/α-hetero) is 1. The van der Waals surface area contributed by atoms with Gasteiger partial charge in [-0.1, -0.05) is 12.1 Å². The molecule has 5 heteroatoms. The van der Waals surface area contributed by atoms with Gasteiger partial charge in [0.2, 0.25) is 0 Å². The lowest BCUT2D eigenvalue weighted by molar-refractivity contribution is -0.127. The highest BCUT2D eigenvalue weighted by molar-refractivity contribution is 7.07. The molecule has 2 atom stereocenters. The molecule has 1 amide bonds. The topological polar surface area (TPSA) is 55.4 Å². The first-order valence-corrected chi connectivity index (χ1v) is 8.49. The Morgan fingerprint density at radius 2 is 2.04 bits per heavy atom. The number of ketones is 1. The van der Waals surface area contributed by atoms with Gasteiger partial charge in [0.15, 0.2) is 11.9 Å². The van der Waals surface area contributed by atoms with Gasteiger partial charge in [-0.05, 0) is 61.7 Å². The predicted octanol–water partition coefficient (Wildman–Crippen LogP) is 3.47. The summed E-state index contributed by atoms with van der Waals surface area (Å²) in [7, 11) is 0. The normalized spacial score (nSPS) is 13.2. The number of ether oxygens (including phenoxy) is 1. The lowest BCUT2D eigenvalue weighted by Gasteiger charge is -2.18. The van der Waals surface area contributed by atoms with Crippen molar-refractivity contribution >= 4 is 23.0 Å². The van der Waals surface area contributed by atoms with Gasteiger partial charge in [-0.2, -0.15) is 11.3 Å². The molecule has 0 spiro atoms. The van der Waals surface area contributed by atoms with E-state index in [1.165, 1.54) is 12.5 Å². The Labute approximate surface area is 140 Å². The zero-order valence-electron chi connectivity index (χ0n) is 13.5. The van der Waals surface area contributed by atoms with Gasteiger partial charge in [0, 0.05) is 11.6 Å². The standard InChI is InChI=1S/C18H21NO3S/c1-12(9-15-7-8-23-11-15)19-18(21)14(3)22-17-6-4-5-16(10-17)13(2)20/h4-8,10-12,14H,9H2,1-3H3,(H,19,21)/t12-,14+/m0/s1. The van der Waals surface area contributed by atoms with E-state index in [4.69, 9.17) is 4.74 Å². The molecule has 0 saturated carbocycles. The van der Waals surface area contributed by atoms with E-state index in [2.05, 4.69) is 16.8 Å². The summed E-state index contributed by atoms with van der Waals surface area (Å²) in [5.41, 5.74) is 1.78. The van der Waals surface area contributed by atoms with E-state index < -0.39 is 6.10 Å². The van der Waals surface area contributed by atoms with Crippen molar-refractivity contribution in [1.82, 2.24) is 5.32 Å². The molecule has 0 fully saturated rings. The fraction of sp³-hybridized carbons (Fsp3) is 0.333. The highest BCUT2D eigenvalue weighted by atomic mass is 32.1. The number of benzene rings is 1. The smallest absolute Gasteiger partial charge is 0.260 e. The first-order chi connectivity index (χ1) is 11.0. The third-order valence-electron chi connectivity index (χ3n) is 3.43. The number of hydrogen-bond acceptors (Lipinski definition) is 4. The minimum atomic E-state index is -0.623. The molecular weight excluding hydrogens is 310 g/mol. The van der Waals surface area contributed by atoms with Crippen LogP contribution in [0, 0.1) is 0 Å². The average Bonchev–Trinajstić information content (AvgIpc) is 3.00. The Morgan fingerprint density at radius 3 is 2.70 bits per heavy atom. The summed E-state index contributed by atoms with van der Waals surface area (Å²) in [5, 5.41) is 7.05. The van der Waals surface area contributed by atoms with Crippen LogP contribution in [0.3, 0.4) is 0 Å². The van der Waals surface area contributed by atoms with Gasteiger partial charge in [-0.15, -0.1) is 0 Å². The van der Waals surface area contributed by atoms with E-state index in [9.17, 15) is 9.59 Å². The fourth-order valence-electron chi connectivity index (χ4n) is 2.22. The van der Waals surface area contributed by atoms with Gasteiger partial charge in [-0.3, -0.25) is 9.59 Å². The van der Waals surface area contributed by atoms with Gasteiger partial charge in [0.05, 0.1) is 0 Å². The molecule has 2 rings (SSSR count).